The highest BCUT2D eigenvalue weighted by molar-refractivity contribution is 7.99. The molecule has 8 heteroatoms. The van der Waals surface area contributed by atoms with E-state index in [2.05, 4.69) is 40.5 Å². The Labute approximate surface area is 184 Å². The third-order valence-electron chi connectivity index (χ3n) is 5.25. The Hall–Kier alpha value is -2.89. The van der Waals surface area contributed by atoms with E-state index in [4.69, 9.17) is 0 Å². The first kappa shape index (κ1) is 20.4. The number of nitriles is 1. The van der Waals surface area contributed by atoms with Crippen LogP contribution in [0, 0.1) is 17.4 Å². The van der Waals surface area contributed by atoms with Crippen LogP contribution in [-0.2, 0) is 0 Å². The third kappa shape index (κ3) is 4.18. The molecule has 3 atom stereocenters. The predicted molar refractivity (Wildman–Crippen MR) is 118 cm³/mol. The molecule has 1 amide bonds. The van der Waals surface area contributed by atoms with Crippen molar-refractivity contribution in [2.75, 3.05) is 6.54 Å². The smallest absolute Gasteiger partial charge is 0.280 e. The van der Waals surface area contributed by atoms with Crippen molar-refractivity contribution in [2.45, 2.75) is 35.7 Å². The molecule has 2 unspecified atom stereocenters. The SMILES string of the molecule is CC1CN(C#N)C(C)[C@@H]1NC(=O)c1ncc(-c2cnccc2Sc2ccccc2)s1. The lowest BCUT2D eigenvalue weighted by atomic mass is 10.0. The van der Waals surface area contributed by atoms with Crippen molar-refractivity contribution in [3.05, 3.63) is 60.0 Å². The standard InChI is InChI=1S/C22H21N5OS2/c1-14-12-27(13-23)15(2)20(14)26-21(28)22-25-11-19(30-22)17-10-24-9-8-18(17)29-16-6-4-3-5-7-16/h3-11,14-15,20H,12H2,1-2H3,(H,26,28)/t14?,15?,20-/m1/s1. The highest BCUT2D eigenvalue weighted by atomic mass is 32.2. The van der Waals surface area contributed by atoms with E-state index in [1.165, 1.54) is 11.3 Å². The Morgan fingerprint density at radius 1 is 1.27 bits per heavy atom. The minimum Gasteiger partial charge on any atom is -0.345 e. The van der Waals surface area contributed by atoms with Crippen LogP contribution in [0.15, 0.2) is 64.8 Å². The number of thiazole rings is 1. The molecule has 152 valence electrons. The van der Waals surface area contributed by atoms with Gasteiger partial charge in [0.25, 0.3) is 5.91 Å². The Morgan fingerprint density at radius 2 is 2.07 bits per heavy atom. The van der Waals surface area contributed by atoms with E-state index >= 15 is 0 Å². The van der Waals surface area contributed by atoms with E-state index < -0.39 is 0 Å². The lowest BCUT2D eigenvalue weighted by Crippen LogP contribution is -2.44. The number of pyridine rings is 1. The summed E-state index contributed by atoms with van der Waals surface area (Å²) in [5, 5.41) is 12.7. The second kappa shape index (κ2) is 8.86. The van der Waals surface area contributed by atoms with Crippen LogP contribution in [-0.4, -0.2) is 39.4 Å². The van der Waals surface area contributed by atoms with E-state index in [1.807, 2.05) is 37.4 Å². The molecule has 0 aliphatic carbocycles. The summed E-state index contributed by atoms with van der Waals surface area (Å²) in [6, 6.07) is 12.0. The fourth-order valence-corrected chi connectivity index (χ4v) is 5.50. The maximum atomic E-state index is 12.8. The normalized spacial score (nSPS) is 20.7. The summed E-state index contributed by atoms with van der Waals surface area (Å²) >= 11 is 3.01. The Kier molecular flexibility index (Phi) is 6.02. The molecule has 1 saturated heterocycles. The van der Waals surface area contributed by atoms with Crippen LogP contribution in [0.1, 0.15) is 23.6 Å². The Bertz CT molecular complexity index is 1080. The van der Waals surface area contributed by atoms with E-state index in [9.17, 15) is 10.1 Å². The first-order valence-electron chi connectivity index (χ1n) is 9.67. The predicted octanol–water partition coefficient (Wildman–Crippen LogP) is 4.28. The summed E-state index contributed by atoms with van der Waals surface area (Å²) in [5.41, 5.74) is 0.959. The minimum atomic E-state index is -0.198. The molecule has 6 nitrogen and oxygen atoms in total. The number of carbonyl (C=O) groups is 1. The Morgan fingerprint density at radius 3 is 2.80 bits per heavy atom. The zero-order valence-electron chi connectivity index (χ0n) is 16.6. The van der Waals surface area contributed by atoms with E-state index in [1.54, 1.807) is 29.1 Å². The van der Waals surface area contributed by atoms with Crippen molar-refractivity contribution in [1.82, 2.24) is 20.2 Å². The van der Waals surface area contributed by atoms with Crippen LogP contribution < -0.4 is 5.32 Å². The zero-order chi connectivity index (χ0) is 21.1. The summed E-state index contributed by atoms with van der Waals surface area (Å²) in [4.78, 5) is 26.3. The Balaban J connectivity index is 1.52. The zero-order valence-corrected chi connectivity index (χ0v) is 18.3. The molecule has 3 aromatic rings. The van der Waals surface area contributed by atoms with Gasteiger partial charge in [-0.3, -0.25) is 9.78 Å². The van der Waals surface area contributed by atoms with Gasteiger partial charge in [0.2, 0.25) is 0 Å². The molecule has 2 aromatic heterocycles. The van der Waals surface area contributed by atoms with Gasteiger partial charge in [0, 0.05) is 40.5 Å². The monoisotopic (exact) mass is 435 g/mol. The van der Waals surface area contributed by atoms with Gasteiger partial charge in [-0.05, 0) is 31.0 Å². The van der Waals surface area contributed by atoms with Gasteiger partial charge in [0.05, 0.1) is 17.0 Å². The first-order chi connectivity index (χ1) is 14.6. The molecular formula is C22H21N5OS2. The van der Waals surface area contributed by atoms with Crippen molar-refractivity contribution in [2.24, 2.45) is 5.92 Å². The summed E-state index contributed by atoms with van der Waals surface area (Å²) in [6.45, 7) is 4.67. The fraction of sp³-hybridized carbons (Fsp3) is 0.273. The van der Waals surface area contributed by atoms with Crippen LogP contribution in [0.4, 0.5) is 0 Å². The number of nitrogens with zero attached hydrogens (tertiary/aromatic N) is 4. The molecule has 4 rings (SSSR count). The molecule has 1 fully saturated rings. The highest BCUT2D eigenvalue weighted by Crippen LogP contribution is 2.37. The summed E-state index contributed by atoms with van der Waals surface area (Å²) in [5.74, 6) is 0.00567. The molecule has 1 aliphatic rings. The lowest BCUT2D eigenvalue weighted by molar-refractivity contribution is 0.0923. The molecule has 1 aromatic carbocycles. The maximum absolute atomic E-state index is 12.8. The van der Waals surface area contributed by atoms with Gasteiger partial charge in [-0.1, -0.05) is 36.9 Å². The average Bonchev–Trinajstić information content (AvgIpc) is 3.35. The number of aromatic nitrogens is 2. The molecule has 30 heavy (non-hydrogen) atoms. The van der Waals surface area contributed by atoms with Crippen LogP contribution in [0.25, 0.3) is 10.4 Å². The minimum absolute atomic E-state index is 0.0272. The molecule has 1 N–H and O–H groups in total. The average molecular weight is 436 g/mol. The molecule has 3 heterocycles. The topological polar surface area (TPSA) is 81.9 Å². The number of carbonyl (C=O) groups excluding carboxylic acids is 1. The van der Waals surface area contributed by atoms with Gasteiger partial charge in [-0.2, -0.15) is 5.26 Å². The molecular weight excluding hydrogens is 414 g/mol. The van der Waals surface area contributed by atoms with Crippen LogP contribution in [0.3, 0.4) is 0 Å². The van der Waals surface area contributed by atoms with Gasteiger partial charge >= 0.3 is 0 Å². The molecule has 0 saturated carbocycles. The lowest BCUT2D eigenvalue weighted by Gasteiger charge is -2.21. The van der Waals surface area contributed by atoms with Crippen molar-refractivity contribution >= 4 is 29.0 Å². The second-order valence-electron chi connectivity index (χ2n) is 7.29. The number of nitrogens with one attached hydrogen (secondary N) is 1. The van der Waals surface area contributed by atoms with Gasteiger partial charge in [-0.25, -0.2) is 4.98 Å². The summed E-state index contributed by atoms with van der Waals surface area (Å²) < 4.78 is 0. The van der Waals surface area contributed by atoms with Crippen molar-refractivity contribution < 1.29 is 4.79 Å². The van der Waals surface area contributed by atoms with Gasteiger partial charge in [-0.15, -0.1) is 11.3 Å². The fourth-order valence-electron chi connectivity index (χ4n) is 3.64. The van der Waals surface area contributed by atoms with Crippen molar-refractivity contribution in [1.29, 1.82) is 5.26 Å². The van der Waals surface area contributed by atoms with E-state index in [0.29, 0.717) is 11.6 Å². The number of hydrogen-bond acceptors (Lipinski definition) is 7. The van der Waals surface area contributed by atoms with Crippen LogP contribution >= 0.6 is 23.1 Å². The molecule has 1 aliphatic heterocycles. The summed E-state index contributed by atoms with van der Waals surface area (Å²) in [6.07, 6.45) is 7.51. The van der Waals surface area contributed by atoms with Gasteiger partial charge in [0.1, 0.15) is 0 Å². The van der Waals surface area contributed by atoms with Crippen molar-refractivity contribution in [3.63, 3.8) is 0 Å². The van der Waals surface area contributed by atoms with Crippen LogP contribution in [0.2, 0.25) is 0 Å². The highest BCUT2D eigenvalue weighted by Gasteiger charge is 2.37. The van der Waals surface area contributed by atoms with E-state index in [0.717, 1.165) is 20.2 Å². The summed E-state index contributed by atoms with van der Waals surface area (Å²) in [7, 11) is 0. The molecule has 0 spiro atoms. The van der Waals surface area contributed by atoms with Crippen LogP contribution in [0.5, 0.6) is 0 Å². The number of likely N-dealkylation sites (tertiary alicyclic amines) is 1. The third-order valence-corrected chi connectivity index (χ3v) is 7.37. The number of rotatable bonds is 5. The second-order valence-corrected chi connectivity index (χ2v) is 9.43. The first-order valence-corrected chi connectivity index (χ1v) is 11.3. The number of amides is 1. The maximum Gasteiger partial charge on any atom is 0.280 e. The largest absolute Gasteiger partial charge is 0.345 e. The van der Waals surface area contributed by atoms with Gasteiger partial charge in [0.15, 0.2) is 11.2 Å². The quantitative estimate of drug-likeness (QED) is 0.603. The van der Waals surface area contributed by atoms with Crippen molar-refractivity contribution in [3.8, 4) is 16.6 Å². The molecule has 0 bridgehead atoms. The molecule has 0 radical (unpaired) electrons. The van der Waals surface area contributed by atoms with Gasteiger partial charge < -0.3 is 10.2 Å². The number of benzene rings is 1. The van der Waals surface area contributed by atoms with E-state index in [-0.39, 0.29) is 23.9 Å². The number of hydrogen-bond donors (Lipinski definition) is 1.